The largest absolute Gasteiger partial charge is 0.336 e. The third-order valence-electron chi connectivity index (χ3n) is 5.67. The van der Waals surface area contributed by atoms with Crippen LogP contribution in [0.1, 0.15) is 72.0 Å². The van der Waals surface area contributed by atoms with E-state index in [0.717, 1.165) is 25.7 Å². The van der Waals surface area contributed by atoms with E-state index < -0.39 is 0 Å². The fourth-order valence-corrected chi connectivity index (χ4v) is 4.15. The van der Waals surface area contributed by atoms with E-state index in [0.29, 0.717) is 30.5 Å². The number of hydrogen-bond donors (Lipinski definition) is 0. The third kappa shape index (κ3) is 3.91. The Hall–Kier alpha value is -2.57. The molecule has 0 unspecified atom stereocenters. The molecule has 1 saturated heterocycles. The van der Waals surface area contributed by atoms with Gasteiger partial charge >= 0.3 is 0 Å². The summed E-state index contributed by atoms with van der Waals surface area (Å²) in [5.74, 6) is -0.319. The molecular weight excluding hydrogens is 342 g/mol. The zero-order valence-corrected chi connectivity index (χ0v) is 15.5. The fourth-order valence-electron chi connectivity index (χ4n) is 4.15. The van der Waals surface area contributed by atoms with Crippen molar-refractivity contribution in [3.63, 3.8) is 0 Å². The van der Waals surface area contributed by atoms with E-state index in [1.54, 1.807) is 29.4 Å². The number of likely N-dealkylation sites (tertiary alicyclic amines) is 1. The first-order chi connectivity index (χ1) is 13.2. The zero-order valence-electron chi connectivity index (χ0n) is 15.5. The zero-order chi connectivity index (χ0) is 18.6. The number of hydrogen-bond acceptors (Lipinski definition) is 5. The second kappa shape index (κ2) is 7.98. The maximum atomic E-state index is 12.9. The molecule has 1 amide bonds. The molecule has 0 bridgehead atoms. The molecule has 1 atom stereocenters. The highest BCUT2D eigenvalue weighted by atomic mass is 16.2. The van der Waals surface area contributed by atoms with E-state index in [2.05, 4.69) is 15.3 Å². The van der Waals surface area contributed by atoms with Crippen LogP contribution in [0.4, 0.5) is 0 Å². The molecule has 0 spiro atoms. The lowest BCUT2D eigenvalue weighted by Gasteiger charge is -2.31. The average molecular weight is 367 g/mol. The van der Waals surface area contributed by atoms with E-state index in [9.17, 15) is 9.59 Å². The Labute approximate surface area is 158 Å². The molecule has 27 heavy (non-hydrogen) atoms. The van der Waals surface area contributed by atoms with E-state index in [4.69, 9.17) is 0 Å². The quantitative estimate of drug-likeness (QED) is 0.776. The van der Waals surface area contributed by atoms with Gasteiger partial charge in [-0.15, -0.1) is 5.10 Å². The van der Waals surface area contributed by atoms with Crippen molar-refractivity contribution < 1.29 is 9.59 Å². The summed E-state index contributed by atoms with van der Waals surface area (Å²) in [5.41, 5.74) is 0.853. The van der Waals surface area contributed by atoms with Crippen molar-refractivity contribution in [1.29, 1.82) is 0 Å². The van der Waals surface area contributed by atoms with Crippen LogP contribution in [0.15, 0.2) is 30.6 Å². The summed E-state index contributed by atoms with van der Waals surface area (Å²) in [5, 5.41) is 8.32. The second-order valence-corrected chi connectivity index (χ2v) is 7.55. The lowest BCUT2D eigenvalue weighted by Crippen LogP contribution is -2.42. The van der Waals surface area contributed by atoms with Crippen LogP contribution < -0.4 is 0 Å². The van der Waals surface area contributed by atoms with E-state index >= 15 is 0 Å². The first kappa shape index (κ1) is 17.8. The van der Waals surface area contributed by atoms with Crippen LogP contribution in [-0.2, 0) is 0 Å². The number of aromatic nitrogens is 4. The summed E-state index contributed by atoms with van der Waals surface area (Å²) in [7, 11) is 0. The van der Waals surface area contributed by atoms with Crippen molar-refractivity contribution in [3.8, 4) is 0 Å². The standard InChI is InChI=1S/C20H25N5O2/c26-19(17-10-4-5-11-21-17)15-7-6-12-24(13-15)20(27)18-14-25(23-22-18)16-8-2-1-3-9-16/h4-5,10-11,14-16H,1-3,6-9,12-13H2/t15-/m1/s1. The van der Waals surface area contributed by atoms with Crippen LogP contribution in [0.25, 0.3) is 0 Å². The molecule has 2 aromatic heterocycles. The highest BCUT2D eigenvalue weighted by molar-refractivity contribution is 5.97. The minimum atomic E-state index is -0.203. The Morgan fingerprint density at radius 2 is 1.85 bits per heavy atom. The summed E-state index contributed by atoms with van der Waals surface area (Å²) in [4.78, 5) is 31.5. The Bertz CT molecular complexity index is 798. The number of piperidine rings is 1. The first-order valence-electron chi connectivity index (χ1n) is 9.89. The Morgan fingerprint density at radius 3 is 2.63 bits per heavy atom. The summed E-state index contributed by atoms with van der Waals surface area (Å²) in [6, 6.07) is 5.70. The summed E-state index contributed by atoms with van der Waals surface area (Å²) < 4.78 is 1.85. The Balaban J connectivity index is 1.43. The van der Waals surface area contributed by atoms with Gasteiger partial charge in [-0.2, -0.15) is 0 Å². The van der Waals surface area contributed by atoms with E-state index in [1.807, 2.05) is 10.7 Å². The second-order valence-electron chi connectivity index (χ2n) is 7.55. The van der Waals surface area contributed by atoms with Crippen molar-refractivity contribution in [3.05, 3.63) is 42.0 Å². The van der Waals surface area contributed by atoms with Crippen molar-refractivity contribution in [2.24, 2.45) is 5.92 Å². The van der Waals surface area contributed by atoms with Crippen LogP contribution in [-0.4, -0.2) is 49.7 Å². The first-order valence-corrected chi connectivity index (χ1v) is 9.89. The number of carbonyl (C=O) groups is 2. The van der Waals surface area contributed by atoms with Gasteiger partial charge in [-0.1, -0.05) is 30.5 Å². The molecule has 3 heterocycles. The molecule has 1 aliphatic heterocycles. The van der Waals surface area contributed by atoms with Crippen molar-refractivity contribution in [1.82, 2.24) is 24.9 Å². The molecule has 0 radical (unpaired) electrons. The maximum absolute atomic E-state index is 12.9. The normalized spacial score (nSPS) is 21.2. The van der Waals surface area contributed by atoms with Gasteiger partial charge in [0.1, 0.15) is 5.69 Å². The Morgan fingerprint density at radius 1 is 1.00 bits per heavy atom. The predicted octanol–water partition coefficient (Wildman–Crippen LogP) is 2.91. The predicted molar refractivity (Wildman–Crippen MR) is 99.3 cm³/mol. The van der Waals surface area contributed by atoms with Gasteiger partial charge in [-0.3, -0.25) is 14.6 Å². The summed E-state index contributed by atoms with van der Waals surface area (Å²) in [6.07, 6.45) is 10.9. The van der Waals surface area contributed by atoms with Crippen LogP contribution in [0, 0.1) is 5.92 Å². The molecule has 0 aromatic carbocycles. The number of Topliss-reactive ketones (excluding diaryl/α,β-unsaturated/α-hetero) is 1. The summed E-state index contributed by atoms with van der Waals surface area (Å²) >= 11 is 0. The molecule has 7 heteroatoms. The van der Waals surface area contributed by atoms with Gasteiger partial charge in [-0.25, -0.2) is 4.68 Å². The Kier molecular flexibility index (Phi) is 5.27. The maximum Gasteiger partial charge on any atom is 0.276 e. The lowest BCUT2D eigenvalue weighted by molar-refractivity contribution is 0.0630. The van der Waals surface area contributed by atoms with E-state index in [1.165, 1.54) is 19.3 Å². The van der Waals surface area contributed by atoms with Crippen LogP contribution in [0.3, 0.4) is 0 Å². The number of amides is 1. The minimum absolute atomic E-state index is 0.0129. The monoisotopic (exact) mass is 367 g/mol. The van der Waals surface area contributed by atoms with Crippen LogP contribution in [0.5, 0.6) is 0 Å². The summed E-state index contributed by atoms with van der Waals surface area (Å²) in [6.45, 7) is 1.08. The number of rotatable bonds is 4. The van der Waals surface area contributed by atoms with Crippen molar-refractivity contribution in [2.45, 2.75) is 51.0 Å². The molecule has 0 N–H and O–H groups in total. The molecule has 2 aromatic rings. The molecule has 1 saturated carbocycles. The molecule has 2 fully saturated rings. The van der Waals surface area contributed by atoms with Gasteiger partial charge in [0.05, 0.1) is 12.2 Å². The highest BCUT2D eigenvalue weighted by Crippen LogP contribution is 2.27. The van der Waals surface area contributed by atoms with Crippen molar-refractivity contribution in [2.75, 3.05) is 13.1 Å². The number of pyridine rings is 1. The highest BCUT2D eigenvalue weighted by Gasteiger charge is 2.31. The van der Waals surface area contributed by atoms with Gasteiger partial charge in [-0.05, 0) is 37.8 Å². The van der Waals surface area contributed by atoms with E-state index in [-0.39, 0.29) is 17.6 Å². The van der Waals surface area contributed by atoms with Crippen molar-refractivity contribution >= 4 is 11.7 Å². The minimum Gasteiger partial charge on any atom is -0.336 e. The number of nitrogens with zero attached hydrogens (tertiary/aromatic N) is 5. The molecular formula is C20H25N5O2. The topological polar surface area (TPSA) is 81.0 Å². The molecule has 7 nitrogen and oxygen atoms in total. The van der Waals surface area contributed by atoms with Gasteiger partial charge in [0, 0.05) is 25.2 Å². The van der Waals surface area contributed by atoms with Crippen LogP contribution >= 0.6 is 0 Å². The SMILES string of the molecule is O=C(c1ccccn1)[C@@H]1CCCN(C(=O)c2cn(C3CCCCC3)nn2)C1. The fraction of sp³-hybridized carbons (Fsp3) is 0.550. The smallest absolute Gasteiger partial charge is 0.276 e. The third-order valence-corrected chi connectivity index (χ3v) is 5.67. The lowest BCUT2D eigenvalue weighted by atomic mass is 9.91. The van der Waals surface area contributed by atoms with Gasteiger partial charge in [0.15, 0.2) is 11.5 Å². The molecule has 2 aliphatic rings. The molecule has 1 aliphatic carbocycles. The number of ketones is 1. The van der Waals surface area contributed by atoms with Gasteiger partial charge in [0.25, 0.3) is 5.91 Å². The number of carbonyl (C=O) groups excluding carboxylic acids is 2. The van der Waals surface area contributed by atoms with Crippen LogP contribution in [0.2, 0.25) is 0 Å². The average Bonchev–Trinajstić information content (AvgIpc) is 3.24. The molecule has 4 rings (SSSR count). The van der Waals surface area contributed by atoms with Gasteiger partial charge < -0.3 is 4.90 Å². The molecule has 142 valence electrons. The van der Waals surface area contributed by atoms with Gasteiger partial charge in [0.2, 0.25) is 0 Å².